The molecule has 5 nitrogen and oxygen atoms in total. The highest BCUT2D eigenvalue weighted by molar-refractivity contribution is 5.66. The maximum atomic E-state index is 10.5. The molecule has 0 saturated carbocycles. The molecule has 0 heterocycles. The van der Waals surface area contributed by atoms with Crippen molar-refractivity contribution in [2.24, 2.45) is 0 Å². The Kier molecular flexibility index (Phi) is 2.81. The molecular weight excluding hydrogens is 186 g/mol. The number of hydrogen-bond acceptors (Lipinski definition) is 4. The topological polar surface area (TPSA) is 80.4 Å². The van der Waals surface area contributed by atoms with Crippen molar-refractivity contribution >= 4 is 12.0 Å². The van der Waals surface area contributed by atoms with Gasteiger partial charge >= 0.3 is 5.69 Å². The van der Waals surface area contributed by atoms with Gasteiger partial charge in [-0.15, -0.1) is 0 Å². The second kappa shape index (κ2) is 3.87. The maximum absolute atomic E-state index is 10.5. The van der Waals surface area contributed by atoms with E-state index in [1.165, 1.54) is 18.2 Å². The van der Waals surface area contributed by atoms with E-state index in [-0.39, 0.29) is 11.3 Å². The SMILES string of the molecule is CC(C=O)c1cccc([N+](=O)[O-])c1O. The van der Waals surface area contributed by atoms with Crippen LogP contribution in [0.2, 0.25) is 0 Å². The molecule has 1 unspecified atom stereocenters. The van der Waals surface area contributed by atoms with E-state index in [4.69, 9.17) is 0 Å². The van der Waals surface area contributed by atoms with E-state index in [0.717, 1.165) is 0 Å². The fourth-order valence-electron chi connectivity index (χ4n) is 1.14. The molecule has 5 heteroatoms. The third-order valence-electron chi connectivity index (χ3n) is 1.94. The van der Waals surface area contributed by atoms with Gasteiger partial charge in [0.2, 0.25) is 0 Å². The molecule has 1 atom stereocenters. The monoisotopic (exact) mass is 195 g/mol. The van der Waals surface area contributed by atoms with Crippen LogP contribution < -0.4 is 0 Å². The Bertz CT molecular complexity index is 375. The first-order valence-corrected chi connectivity index (χ1v) is 3.99. The van der Waals surface area contributed by atoms with Gasteiger partial charge in [-0.3, -0.25) is 10.1 Å². The Labute approximate surface area is 80.1 Å². The van der Waals surface area contributed by atoms with Gasteiger partial charge in [0.25, 0.3) is 0 Å². The predicted molar refractivity (Wildman–Crippen MR) is 49.2 cm³/mol. The number of aldehydes is 1. The minimum absolute atomic E-state index is 0.272. The molecule has 0 aliphatic carbocycles. The van der Waals surface area contributed by atoms with E-state index >= 15 is 0 Å². The van der Waals surface area contributed by atoms with E-state index < -0.39 is 16.6 Å². The lowest BCUT2D eigenvalue weighted by atomic mass is 10.0. The van der Waals surface area contributed by atoms with Crippen molar-refractivity contribution in [3.8, 4) is 5.75 Å². The van der Waals surface area contributed by atoms with Gasteiger partial charge in [-0.05, 0) is 0 Å². The van der Waals surface area contributed by atoms with Crippen LogP contribution in [0.25, 0.3) is 0 Å². The van der Waals surface area contributed by atoms with E-state index in [1.54, 1.807) is 6.92 Å². The number of para-hydroxylation sites is 1. The molecular formula is C9H9NO4. The average molecular weight is 195 g/mol. The van der Waals surface area contributed by atoms with Crippen molar-refractivity contribution in [3.63, 3.8) is 0 Å². The van der Waals surface area contributed by atoms with Crippen LogP contribution in [0.4, 0.5) is 5.69 Å². The second-order valence-electron chi connectivity index (χ2n) is 2.90. The molecule has 0 saturated heterocycles. The Morgan fingerprint density at radius 1 is 1.57 bits per heavy atom. The van der Waals surface area contributed by atoms with Crippen molar-refractivity contribution in [1.29, 1.82) is 0 Å². The number of carbonyl (C=O) groups excluding carboxylic acids is 1. The van der Waals surface area contributed by atoms with E-state index in [1.807, 2.05) is 0 Å². The normalized spacial score (nSPS) is 12.1. The van der Waals surface area contributed by atoms with Gasteiger partial charge in [-0.1, -0.05) is 19.1 Å². The number of phenols is 1. The van der Waals surface area contributed by atoms with Crippen LogP contribution in [-0.2, 0) is 4.79 Å². The lowest BCUT2D eigenvalue weighted by molar-refractivity contribution is -0.385. The number of carbonyl (C=O) groups is 1. The molecule has 1 N–H and O–H groups in total. The van der Waals surface area contributed by atoms with Crippen LogP contribution in [0.1, 0.15) is 18.4 Å². The summed E-state index contributed by atoms with van der Waals surface area (Å²) in [4.78, 5) is 20.2. The Morgan fingerprint density at radius 2 is 2.21 bits per heavy atom. The first-order valence-electron chi connectivity index (χ1n) is 3.99. The number of benzene rings is 1. The Hall–Kier alpha value is -1.91. The lowest BCUT2D eigenvalue weighted by Gasteiger charge is -2.06. The molecule has 1 aromatic carbocycles. The van der Waals surface area contributed by atoms with Crippen molar-refractivity contribution in [3.05, 3.63) is 33.9 Å². The Balaban J connectivity index is 3.26. The zero-order valence-corrected chi connectivity index (χ0v) is 7.51. The number of nitro groups is 1. The number of hydrogen-bond donors (Lipinski definition) is 1. The zero-order valence-electron chi connectivity index (χ0n) is 7.51. The minimum Gasteiger partial charge on any atom is -0.502 e. The summed E-state index contributed by atoms with van der Waals surface area (Å²) in [5.41, 5.74) is -0.106. The average Bonchev–Trinajstić information content (AvgIpc) is 2.16. The number of rotatable bonds is 3. The van der Waals surface area contributed by atoms with Crippen molar-refractivity contribution < 1.29 is 14.8 Å². The summed E-state index contributed by atoms with van der Waals surface area (Å²) < 4.78 is 0. The second-order valence-corrected chi connectivity index (χ2v) is 2.90. The molecule has 0 radical (unpaired) electrons. The highest BCUT2D eigenvalue weighted by Crippen LogP contribution is 2.33. The predicted octanol–water partition coefficient (Wildman–Crippen LogP) is 1.60. The summed E-state index contributed by atoms with van der Waals surface area (Å²) in [5.74, 6) is -0.980. The summed E-state index contributed by atoms with van der Waals surface area (Å²) in [5, 5.41) is 19.9. The number of aromatic hydroxyl groups is 1. The fourth-order valence-corrected chi connectivity index (χ4v) is 1.14. The first kappa shape index (κ1) is 10.2. The number of nitrogens with zero attached hydrogens (tertiary/aromatic N) is 1. The van der Waals surface area contributed by atoms with Gasteiger partial charge in [0.1, 0.15) is 6.29 Å². The standard InChI is InChI=1S/C9H9NO4/c1-6(5-11)7-3-2-4-8(9(7)12)10(13)14/h2-6,12H,1H3. The molecule has 14 heavy (non-hydrogen) atoms. The molecule has 0 aromatic heterocycles. The van der Waals surface area contributed by atoms with Crippen LogP contribution in [0.3, 0.4) is 0 Å². The largest absolute Gasteiger partial charge is 0.502 e. The molecule has 0 spiro atoms. The molecule has 74 valence electrons. The molecule has 0 bridgehead atoms. The van der Waals surface area contributed by atoms with Gasteiger partial charge in [0, 0.05) is 17.5 Å². The van der Waals surface area contributed by atoms with Gasteiger partial charge in [-0.25, -0.2) is 0 Å². The summed E-state index contributed by atoms with van der Waals surface area (Å²) in [6.45, 7) is 1.56. The molecule has 0 fully saturated rings. The van der Waals surface area contributed by atoms with E-state index in [2.05, 4.69) is 0 Å². The molecule has 0 aliphatic rings. The van der Waals surface area contributed by atoms with Gasteiger partial charge in [0.05, 0.1) is 4.92 Å². The van der Waals surface area contributed by atoms with E-state index in [9.17, 15) is 20.0 Å². The molecule has 0 aliphatic heterocycles. The van der Waals surface area contributed by atoms with Crippen molar-refractivity contribution in [2.45, 2.75) is 12.8 Å². The Morgan fingerprint density at radius 3 is 2.71 bits per heavy atom. The first-order chi connectivity index (χ1) is 6.57. The summed E-state index contributed by atoms with van der Waals surface area (Å²) in [6.07, 6.45) is 0.624. The van der Waals surface area contributed by atoms with Crippen LogP contribution in [0, 0.1) is 10.1 Å². The van der Waals surface area contributed by atoms with Crippen LogP contribution in [0.5, 0.6) is 5.75 Å². The molecule has 1 aromatic rings. The molecule has 0 amide bonds. The van der Waals surface area contributed by atoms with Gasteiger partial charge in [-0.2, -0.15) is 0 Å². The third kappa shape index (κ3) is 1.71. The minimum atomic E-state index is -0.684. The van der Waals surface area contributed by atoms with Gasteiger partial charge < -0.3 is 9.90 Å². The lowest BCUT2D eigenvalue weighted by Crippen LogP contribution is -1.97. The van der Waals surface area contributed by atoms with Crippen LogP contribution in [-0.4, -0.2) is 16.3 Å². The van der Waals surface area contributed by atoms with Crippen molar-refractivity contribution in [2.75, 3.05) is 0 Å². The maximum Gasteiger partial charge on any atom is 0.311 e. The summed E-state index contributed by atoms with van der Waals surface area (Å²) >= 11 is 0. The van der Waals surface area contributed by atoms with Crippen LogP contribution >= 0.6 is 0 Å². The highest BCUT2D eigenvalue weighted by atomic mass is 16.6. The third-order valence-corrected chi connectivity index (χ3v) is 1.94. The highest BCUT2D eigenvalue weighted by Gasteiger charge is 2.19. The smallest absolute Gasteiger partial charge is 0.311 e. The summed E-state index contributed by atoms with van der Waals surface area (Å²) in [7, 11) is 0. The fraction of sp³-hybridized carbons (Fsp3) is 0.222. The van der Waals surface area contributed by atoms with E-state index in [0.29, 0.717) is 6.29 Å². The summed E-state index contributed by atoms with van der Waals surface area (Å²) in [6, 6.07) is 4.12. The molecule has 1 rings (SSSR count). The van der Waals surface area contributed by atoms with Gasteiger partial charge in [0.15, 0.2) is 5.75 Å². The van der Waals surface area contributed by atoms with Crippen molar-refractivity contribution in [1.82, 2.24) is 0 Å². The van der Waals surface area contributed by atoms with Crippen LogP contribution in [0.15, 0.2) is 18.2 Å². The zero-order chi connectivity index (χ0) is 10.7. The number of phenolic OH excluding ortho intramolecular Hbond substituents is 1. The number of nitro benzene ring substituents is 1. The quantitative estimate of drug-likeness (QED) is 0.451.